The minimum atomic E-state index is -0.738. The summed E-state index contributed by atoms with van der Waals surface area (Å²) < 4.78 is 12.8. The van der Waals surface area contributed by atoms with Gasteiger partial charge in [0.15, 0.2) is 0 Å². The van der Waals surface area contributed by atoms with Crippen molar-refractivity contribution < 1.29 is 14.3 Å². The molecular formula is C24H26N4O5. The van der Waals surface area contributed by atoms with Gasteiger partial charge < -0.3 is 14.8 Å². The van der Waals surface area contributed by atoms with Gasteiger partial charge in [0.1, 0.15) is 5.75 Å². The number of ether oxygens (including phenoxy) is 2. The number of carbonyl (C=O) groups is 1. The van der Waals surface area contributed by atoms with E-state index in [9.17, 15) is 14.4 Å². The van der Waals surface area contributed by atoms with E-state index in [1.165, 1.54) is 7.11 Å². The van der Waals surface area contributed by atoms with Gasteiger partial charge in [0, 0.05) is 13.2 Å². The zero-order valence-corrected chi connectivity index (χ0v) is 18.6. The predicted octanol–water partition coefficient (Wildman–Crippen LogP) is 1.67. The first-order chi connectivity index (χ1) is 16.0. The fourth-order valence-corrected chi connectivity index (χ4v) is 3.74. The first-order valence-electron chi connectivity index (χ1n) is 10.8. The number of methoxy groups -OCH3 is 1. The number of nitrogens with one attached hydrogen (secondary N) is 1. The molecular weight excluding hydrogens is 424 g/mol. The lowest BCUT2D eigenvalue weighted by atomic mass is 10.1. The number of aromatic nitrogens is 3. The molecule has 9 heteroatoms. The molecule has 1 aliphatic heterocycles. The Kier molecular flexibility index (Phi) is 6.69. The van der Waals surface area contributed by atoms with Gasteiger partial charge in [-0.05, 0) is 55.2 Å². The molecule has 1 fully saturated rings. The smallest absolute Gasteiger partial charge is 0.352 e. The van der Waals surface area contributed by atoms with Gasteiger partial charge in [0.2, 0.25) is 5.69 Å². The molecule has 1 aromatic heterocycles. The quantitative estimate of drug-likeness (QED) is 0.587. The lowest BCUT2D eigenvalue weighted by Gasteiger charge is -2.14. The minimum Gasteiger partial charge on any atom is -0.497 e. The van der Waals surface area contributed by atoms with E-state index >= 15 is 0 Å². The van der Waals surface area contributed by atoms with Crippen LogP contribution < -0.4 is 21.3 Å². The Morgan fingerprint density at radius 3 is 2.61 bits per heavy atom. The Hall–Kier alpha value is -3.72. The van der Waals surface area contributed by atoms with E-state index in [0.29, 0.717) is 18.0 Å². The Balaban J connectivity index is 1.77. The second-order valence-electron chi connectivity index (χ2n) is 7.90. The van der Waals surface area contributed by atoms with E-state index < -0.39 is 17.2 Å². The Morgan fingerprint density at radius 2 is 1.94 bits per heavy atom. The number of hydrogen-bond donors (Lipinski definition) is 1. The SMILES string of the molecule is COc1ccc(-n2nc(C(=O)NCC3CCCO3)c(=O)n(Cc3ccccc3C)c2=O)cc1. The van der Waals surface area contributed by atoms with Gasteiger partial charge in [0.25, 0.3) is 11.5 Å². The second kappa shape index (κ2) is 9.83. The molecule has 9 nitrogen and oxygen atoms in total. The van der Waals surface area contributed by atoms with E-state index in [0.717, 1.165) is 33.2 Å². The molecule has 33 heavy (non-hydrogen) atoms. The maximum absolute atomic E-state index is 13.3. The van der Waals surface area contributed by atoms with Crippen molar-refractivity contribution in [2.24, 2.45) is 0 Å². The number of amides is 1. The summed E-state index contributed by atoms with van der Waals surface area (Å²) in [4.78, 5) is 39.4. The molecule has 0 spiro atoms. The molecule has 3 aromatic rings. The monoisotopic (exact) mass is 450 g/mol. The third kappa shape index (κ3) is 4.88. The molecule has 0 aliphatic carbocycles. The molecule has 0 saturated carbocycles. The average Bonchev–Trinajstić information content (AvgIpc) is 3.35. The number of hydrogen-bond acceptors (Lipinski definition) is 6. The van der Waals surface area contributed by atoms with Gasteiger partial charge >= 0.3 is 5.69 Å². The van der Waals surface area contributed by atoms with E-state index in [4.69, 9.17) is 9.47 Å². The van der Waals surface area contributed by atoms with Crippen LogP contribution in [-0.2, 0) is 11.3 Å². The fraction of sp³-hybridized carbons (Fsp3) is 0.333. The van der Waals surface area contributed by atoms with Crippen LogP contribution in [0.15, 0.2) is 58.1 Å². The molecule has 0 radical (unpaired) electrons. The van der Waals surface area contributed by atoms with Crippen LogP contribution >= 0.6 is 0 Å². The molecule has 4 rings (SSSR count). The number of rotatable bonds is 7. The Bertz CT molecular complexity index is 1260. The highest BCUT2D eigenvalue weighted by atomic mass is 16.5. The highest BCUT2D eigenvalue weighted by molar-refractivity contribution is 5.91. The molecule has 2 heterocycles. The summed E-state index contributed by atoms with van der Waals surface area (Å²) in [7, 11) is 1.54. The molecule has 0 bridgehead atoms. The normalized spacial score (nSPS) is 15.4. The van der Waals surface area contributed by atoms with Crippen molar-refractivity contribution in [2.45, 2.75) is 32.4 Å². The van der Waals surface area contributed by atoms with Crippen molar-refractivity contribution in [3.63, 3.8) is 0 Å². The summed E-state index contributed by atoms with van der Waals surface area (Å²) in [5.41, 5.74) is 0.419. The maximum Gasteiger partial charge on any atom is 0.352 e. The summed E-state index contributed by atoms with van der Waals surface area (Å²) in [6.07, 6.45) is 1.69. The second-order valence-corrected chi connectivity index (χ2v) is 7.90. The van der Waals surface area contributed by atoms with Gasteiger partial charge in [0.05, 0.1) is 25.4 Å². The van der Waals surface area contributed by atoms with Crippen molar-refractivity contribution in [3.05, 3.63) is 86.2 Å². The summed E-state index contributed by atoms with van der Waals surface area (Å²) in [6.45, 7) is 2.86. The van der Waals surface area contributed by atoms with Crippen LogP contribution in [0.3, 0.4) is 0 Å². The molecule has 1 unspecified atom stereocenters. The maximum atomic E-state index is 13.3. The van der Waals surface area contributed by atoms with Crippen LogP contribution in [0, 0.1) is 6.92 Å². The summed E-state index contributed by atoms with van der Waals surface area (Å²) in [5, 5.41) is 6.87. The standard InChI is InChI=1S/C24H26N4O5/c1-16-6-3-4-7-17(16)15-27-23(30)21(22(29)25-14-20-8-5-13-33-20)26-28(24(27)31)18-9-11-19(32-2)12-10-18/h3-4,6-7,9-12,20H,5,8,13-15H2,1-2H3,(H,25,29). The van der Waals surface area contributed by atoms with Gasteiger partial charge in [-0.25, -0.2) is 4.79 Å². The Morgan fingerprint density at radius 1 is 1.18 bits per heavy atom. The minimum absolute atomic E-state index is 0.0228. The van der Waals surface area contributed by atoms with Crippen molar-refractivity contribution in [1.29, 1.82) is 0 Å². The molecule has 172 valence electrons. The zero-order valence-electron chi connectivity index (χ0n) is 18.6. The van der Waals surface area contributed by atoms with Crippen molar-refractivity contribution in [3.8, 4) is 11.4 Å². The largest absolute Gasteiger partial charge is 0.497 e. The lowest BCUT2D eigenvalue weighted by molar-refractivity contribution is 0.0849. The van der Waals surface area contributed by atoms with E-state index in [1.807, 2.05) is 31.2 Å². The highest BCUT2D eigenvalue weighted by Crippen LogP contribution is 2.14. The number of carbonyl (C=O) groups excluding carboxylic acids is 1. The first-order valence-corrected chi connectivity index (χ1v) is 10.8. The Labute approximate surface area is 190 Å². The van der Waals surface area contributed by atoms with E-state index in [1.54, 1.807) is 24.3 Å². The van der Waals surface area contributed by atoms with Gasteiger partial charge in [-0.2, -0.15) is 9.78 Å². The third-order valence-electron chi connectivity index (χ3n) is 5.70. The van der Waals surface area contributed by atoms with Crippen LogP contribution in [0.4, 0.5) is 0 Å². The van der Waals surface area contributed by atoms with E-state index in [2.05, 4.69) is 10.4 Å². The van der Waals surface area contributed by atoms with Crippen LogP contribution in [0.25, 0.3) is 5.69 Å². The highest BCUT2D eigenvalue weighted by Gasteiger charge is 2.23. The molecule has 1 N–H and O–H groups in total. The van der Waals surface area contributed by atoms with Gasteiger partial charge in [-0.15, -0.1) is 0 Å². The van der Waals surface area contributed by atoms with Gasteiger partial charge in [-0.1, -0.05) is 24.3 Å². The molecule has 1 saturated heterocycles. The van der Waals surface area contributed by atoms with Crippen LogP contribution in [0.5, 0.6) is 5.75 Å². The van der Waals surface area contributed by atoms with Crippen LogP contribution in [-0.4, -0.2) is 46.6 Å². The third-order valence-corrected chi connectivity index (χ3v) is 5.70. The van der Waals surface area contributed by atoms with E-state index in [-0.39, 0.29) is 24.9 Å². The van der Waals surface area contributed by atoms with Crippen LogP contribution in [0.2, 0.25) is 0 Å². The number of nitrogens with zero attached hydrogens (tertiary/aromatic N) is 3. The molecule has 1 amide bonds. The fourth-order valence-electron chi connectivity index (χ4n) is 3.74. The molecule has 1 aliphatic rings. The topological polar surface area (TPSA) is 104 Å². The molecule has 2 aromatic carbocycles. The average molecular weight is 450 g/mol. The summed E-state index contributed by atoms with van der Waals surface area (Å²) in [6, 6.07) is 14.1. The van der Waals surface area contributed by atoms with Crippen molar-refractivity contribution >= 4 is 5.91 Å². The van der Waals surface area contributed by atoms with Crippen molar-refractivity contribution in [2.75, 3.05) is 20.3 Å². The number of aryl methyl sites for hydroxylation is 1. The predicted molar refractivity (Wildman–Crippen MR) is 122 cm³/mol. The van der Waals surface area contributed by atoms with Crippen LogP contribution in [0.1, 0.15) is 34.5 Å². The first kappa shape index (κ1) is 22.5. The summed E-state index contributed by atoms with van der Waals surface area (Å²) >= 11 is 0. The number of benzene rings is 2. The molecule has 1 atom stereocenters. The van der Waals surface area contributed by atoms with Crippen molar-refractivity contribution in [1.82, 2.24) is 19.7 Å². The van der Waals surface area contributed by atoms with Gasteiger partial charge in [-0.3, -0.25) is 14.2 Å². The summed E-state index contributed by atoms with van der Waals surface area (Å²) in [5.74, 6) is -0.0362. The lowest BCUT2D eigenvalue weighted by Crippen LogP contribution is -2.46. The zero-order chi connectivity index (χ0) is 23.4.